The molecule has 0 aliphatic rings. The van der Waals surface area contributed by atoms with E-state index in [0.29, 0.717) is 11.6 Å². The van der Waals surface area contributed by atoms with Gasteiger partial charge in [0.15, 0.2) is 0 Å². The van der Waals surface area contributed by atoms with Crippen LogP contribution in [-0.4, -0.2) is 21.4 Å². The highest BCUT2D eigenvalue weighted by Gasteiger charge is 2.03. The molecule has 2 aromatic rings. The van der Waals surface area contributed by atoms with Crippen molar-refractivity contribution in [3.05, 3.63) is 30.7 Å². The number of nitrogens with zero attached hydrogens (tertiary/aromatic N) is 2. The smallest absolute Gasteiger partial charge is 0.409 e. The van der Waals surface area contributed by atoms with Gasteiger partial charge in [-0.3, -0.25) is 5.32 Å². The average molecular weight is 205 g/mol. The van der Waals surface area contributed by atoms with Crippen molar-refractivity contribution in [1.29, 1.82) is 0 Å². The standard InChI is InChI=1S/C9H7N3O3/c13-9(14)11-7-3-1-6(2-4-7)8-12-10-5-15-8/h1-5,11H,(H,13,14). The summed E-state index contributed by atoms with van der Waals surface area (Å²) in [4.78, 5) is 10.3. The highest BCUT2D eigenvalue weighted by molar-refractivity contribution is 5.83. The summed E-state index contributed by atoms with van der Waals surface area (Å²) in [6.45, 7) is 0. The van der Waals surface area contributed by atoms with Gasteiger partial charge in [0.05, 0.1) is 0 Å². The van der Waals surface area contributed by atoms with E-state index in [0.717, 1.165) is 5.56 Å². The number of amides is 1. The number of nitrogens with one attached hydrogen (secondary N) is 1. The van der Waals surface area contributed by atoms with Crippen molar-refractivity contribution in [2.75, 3.05) is 5.32 Å². The molecule has 2 N–H and O–H groups in total. The highest BCUT2D eigenvalue weighted by atomic mass is 16.4. The van der Waals surface area contributed by atoms with Crippen molar-refractivity contribution < 1.29 is 14.3 Å². The zero-order valence-electron chi connectivity index (χ0n) is 7.54. The van der Waals surface area contributed by atoms with Crippen LogP contribution in [0.3, 0.4) is 0 Å². The predicted octanol–water partition coefficient (Wildman–Crippen LogP) is 1.83. The molecule has 0 spiro atoms. The zero-order chi connectivity index (χ0) is 10.7. The van der Waals surface area contributed by atoms with Crippen LogP contribution < -0.4 is 5.32 Å². The first-order chi connectivity index (χ1) is 7.25. The summed E-state index contributed by atoms with van der Waals surface area (Å²) in [5.41, 5.74) is 1.23. The van der Waals surface area contributed by atoms with Gasteiger partial charge < -0.3 is 9.52 Å². The van der Waals surface area contributed by atoms with Crippen molar-refractivity contribution in [2.24, 2.45) is 0 Å². The van der Waals surface area contributed by atoms with Gasteiger partial charge >= 0.3 is 6.09 Å². The fourth-order valence-corrected chi connectivity index (χ4v) is 1.12. The predicted molar refractivity (Wildman–Crippen MR) is 51.4 cm³/mol. The second-order valence-electron chi connectivity index (χ2n) is 2.75. The summed E-state index contributed by atoms with van der Waals surface area (Å²) in [5, 5.41) is 18.0. The maximum atomic E-state index is 10.3. The van der Waals surface area contributed by atoms with Gasteiger partial charge in [-0.15, -0.1) is 10.2 Å². The molecule has 6 nitrogen and oxygen atoms in total. The van der Waals surface area contributed by atoms with E-state index in [4.69, 9.17) is 9.52 Å². The number of carbonyl (C=O) groups is 1. The van der Waals surface area contributed by atoms with E-state index in [1.807, 2.05) is 0 Å². The molecule has 0 aliphatic heterocycles. The monoisotopic (exact) mass is 205 g/mol. The molecule has 0 saturated carbocycles. The fraction of sp³-hybridized carbons (Fsp3) is 0. The van der Waals surface area contributed by atoms with Crippen LogP contribution in [0, 0.1) is 0 Å². The van der Waals surface area contributed by atoms with Gasteiger partial charge in [0.25, 0.3) is 0 Å². The molecule has 0 atom stereocenters. The molecule has 15 heavy (non-hydrogen) atoms. The summed E-state index contributed by atoms with van der Waals surface area (Å²) in [6.07, 6.45) is 0.138. The molecule has 6 heteroatoms. The molecule has 76 valence electrons. The molecular weight excluding hydrogens is 198 g/mol. The summed E-state index contributed by atoms with van der Waals surface area (Å²) >= 11 is 0. The summed E-state index contributed by atoms with van der Waals surface area (Å²) in [5.74, 6) is 0.400. The number of hydrogen-bond donors (Lipinski definition) is 2. The van der Waals surface area contributed by atoms with Gasteiger partial charge in [-0.1, -0.05) is 0 Å². The van der Waals surface area contributed by atoms with Crippen molar-refractivity contribution in [3.63, 3.8) is 0 Å². The Kier molecular flexibility index (Phi) is 2.32. The van der Waals surface area contributed by atoms with Gasteiger partial charge in [-0.25, -0.2) is 4.79 Å². The summed E-state index contributed by atoms with van der Waals surface area (Å²) in [7, 11) is 0. The first-order valence-electron chi connectivity index (χ1n) is 4.12. The molecule has 1 amide bonds. The van der Waals surface area contributed by atoms with Crippen LogP contribution in [0.25, 0.3) is 11.5 Å². The van der Waals surface area contributed by atoms with E-state index in [-0.39, 0.29) is 0 Å². The van der Waals surface area contributed by atoms with E-state index >= 15 is 0 Å². The van der Waals surface area contributed by atoms with Gasteiger partial charge in [0.2, 0.25) is 12.3 Å². The van der Waals surface area contributed by atoms with Gasteiger partial charge in [-0.05, 0) is 24.3 Å². The van der Waals surface area contributed by atoms with E-state index in [1.54, 1.807) is 24.3 Å². The molecule has 0 saturated heterocycles. The van der Waals surface area contributed by atoms with Crippen molar-refractivity contribution in [2.45, 2.75) is 0 Å². The largest absolute Gasteiger partial charge is 0.465 e. The minimum Gasteiger partial charge on any atom is -0.465 e. The van der Waals surface area contributed by atoms with Crippen LogP contribution in [0.15, 0.2) is 35.1 Å². The number of anilines is 1. The lowest BCUT2D eigenvalue weighted by Gasteiger charge is -2.00. The average Bonchev–Trinajstić information content (AvgIpc) is 2.71. The topological polar surface area (TPSA) is 88.2 Å². The third-order valence-corrected chi connectivity index (χ3v) is 1.74. The zero-order valence-corrected chi connectivity index (χ0v) is 7.54. The lowest BCUT2D eigenvalue weighted by atomic mass is 10.2. The maximum absolute atomic E-state index is 10.3. The summed E-state index contributed by atoms with van der Waals surface area (Å²) in [6, 6.07) is 6.62. The summed E-state index contributed by atoms with van der Waals surface area (Å²) < 4.78 is 4.98. The first-order valence-corrected chi connectivity index (χ1v) is 4.12. The molecule has 0 fully saturated rings. The SMILES string of the molecule is O=C(O)Nc1ccc(-c2nnco2)cc1. The maximum Gasteiger partial charge on any atom is 0.409 e. The molecule has 1 heterocycles. The van der Waals surface area contributed by atoms with Crippen LogP contribution in [0.5, 0.6) is 0 Å². The number of carboxylic acid groups (broad SMARTS) is 1. The van der Waals surface area contributed by atoms with Crippen LogP contribution in [0.4, 0.5) is 10.5 Å². The Balaban J connectivity index is 2.21. The molecular formula is C9H7N3O3. The molecule has 1 aromatic heterocycles. The molecule has 0 radical (unpaired) electrons. The van der Waals surface area contributed by atoms with E-state index in [1.165, 1.54) is 6.39 Å². The van der Waals surface area contributed by atoms with Crippen LogP contribution in [0.1, 0.15) is 0 Å². The van der Waals surface area contributed by atoms with Crippen LogP contribution in [0.2, 0.25) is 0 Å². The van der Waals surface area contributed by atoms with E-state index < -0.39 is 6.09 Å². The molecule has 0 aliphatic carbocycles. The number of benzene rings is 1. The number of aromatic nitrogens is 2. The van der Waals surface area contributed by atoms with Crippen molar-refractivity contribution in [3.8, 4) is 11.5 Å². The quantitative estimate of drug-likeness (QED) is 0.780. The molecule has 0 unspecified atom stereocenters. The second kappa shape index (κ2) is 3.79. The first kappa shape index (κ1) is 9.20. The van der Waals surface area contributed by atoms with E-state index in [9.17, 15) is 4.79 Å². The lowest BCUT2D eigenvalue weighted by molar-refractivity contribution is 0.210. The Labute approximate surface area is 84.6 Å². The Morgan fingerprint density at radius 2 is 2.07 bits per heavy atom. The Morgan fingerprint density at radius 1 is 1.33 bits per heavy atom. The third kappa shape index (κ3) is 2.11. The third-order valence-electron chi connectivity index (χ3n) is 1.74. The van der Waals surface area contributed by atoms with E-state index in [2.05, 4.69) is 15.5 Å². The molecule has 1 aromatic carbocycles. The Hall–Kier alpha value is -2.37. The van der Waals surface area contributed by atoms with Crippen molar-refractivity contribution >= 4 is 11.8 Å². The minimum absolute atomic E-state index is 0.400. The van der Waals surface area contributed by atoms with Gasteiger partial charge in [0, 0.05) is 11.3 Å². The van der Waals surface area contributed by atoms with Gasteiger partial charge in [0.1, 0.15) is 0 Å². The lowest BCUT2D eigenvalue weighted by Crippen LogP contribution is -2.06. The van der Waals surface area contributed by atoms with Crippen LogP contribution >= 0.6 is 0 Å². The van der Waals surface area contributed by atoms with Crippen LogP contribution in [-0.2, 0) is 0 Å². The highest BCUT2D eigenvalue weighted by Crippen LogP contribution is 2.18. The van der Waals surface area contributed by atoms with Gasteiger partial charge in [-0.2, -0.15) is 0 Å². The minimum atomic E-state index is -1.10. The second-order valence-corrected chi connectivity index (χ2v) is 2.75. The normalized spacial score (nSPS) is 9.87. The molecule has 0 bridgehead atoms. The van der Waals surface area contributed by atoms with Crippen molar-refractivity contribution in [1.82, 2.24) is 10.2 Å². The number of hydrogen-bond acceptors (Lipinski definition) is 4. The Bertz CT molecular complexity index is 450. The number of rotatable bonds is 2. The molecule has 2 rings (SSSR count). The Morgan fingerprint density at radius 3 is 2.60 bits per heavy atom. The fourth-order valence-electron chi connectivity index (χ4n) is 1.12.